The van der Waals surface area contributed by atoms with Gasteiger partial charge in [-0.1, -0.05) is 37.6 Å². The van der Waals surface area contributed by atoms with E-state index in [1.165, 1.54) is 24.0 Å². The lowest BCUT2D eigenvalue weighted by molar-refractivity contribution is 0.563. The highest BCUT2D eigenvalue weighted by Crippen LogP contribution is 2.08. The minimum Gasteiger partial charge on any atom is -0.211 e. The topological polar surface area (TPSA) is 29.4 Å². The smallest absolute Gasteiger partial charge is 0.211 e. The van der Waals surface area contributed by atoms with E-state index in [9.17, 15) is 4.79 Å². The third-order valence-corrected chi connectivity index (χ3v) is 2.42. The summed E-state index contributed by atoms with van der Waals surface area (Å²) >= 11 is 0. The second kappa shape index (κ2) is 6.97. The summed E-state index contributed by atoms with van der Waals surface area (Å²) in [5.41, 5.74) is 2.62. The van der Waals surface area contributed by atoms with Crippen molar-refractivity contribution in [3.05, 3.63) is 35.4 Å². The highest BCUT2D eigenvalue weighted by molar-refractivity contribution is 5.33. The quantitative estimate of drug-likeness (QED) is 0.516. The van der Waals surface area contributed by atoms with Gasteiger partial charge in [0.05, 0.1) is 6.54 Å². The number of rotatable bonds is 6. The lowest BCUT2D eigenvalue weighted by atomic mass is 10.1. The number of isocyanates is 1. The Morgan fingerprint density at radius 2 is 1.73 bits per heavy atom. The summed E-state index contributed by atoms with van der Waals surface area (Å²) in [4.78, 5) is 13.4. The van der Waals surface area contributed by atoms with E-state index < -0.39 is 0 Å². The largest absolute Gasteiger partial charge is 0.234 e. The molecule has 0 aliphatic rings. The fourth-order valence-electron chi connectivity index (χ4n) is 1.48. The molecule has 15 heavy (non-hydrogen) atoms. The molecule has 0 saturated carbocycles. The molecule has 1 aromatic rings. The van der Waals surface area contributed by atoms with Crippen LogP contribution in [0.3, 0.4) is 0 Å². The second-order valence-corrected chi connectivity index (χ2v) is 3.64. The zero-order valence-electron chi connectivity index (χ0n) is 9.20. The van der Waals surface area contributed by atoms with Gasteiger partial charge in [0.1, 0.15) is 0 Å². The molecular formula is C13H17NO. The molecule has 0 aliphatic heterocycles. The molecule has 1 rings (SSSR count). The lowest BCUT2D eigenvalue weighted by Crippen LogP contribution is -1.90. The minimum absolute atomic E-state index is 0.539. The predicted molar refractivity (Wildman–Crippen MR) is 61.7 cm³/mol. The molecule has 2 heteroatoms. The van der Waals surface area contributed by atoms with Crippen molar-refractivity contribution in [1.29, 1.82) is 0 Å². The molecule has 0 fully saturated rings. The van der Waals surface area contributed by atoms with Gasteiger partial charge in [-0.25, -0.2) is 9.79 Å². The summed E-state index contributed by atoms with van der Waals surface area (Å²) in [5.74, 6) is 0. The van der Waals surface area contributed by atoms with E-state index in [1.54, 1.807) is 6.08 Å². The molecule has 0 radical (unpaired) electrons. The molecule has 0 heterocycles. The molecule has 0 aromatic heterocycles. The van der Waals surface area contributed by atoms with Crippen molar-refractivity contribution >= 4 is 6.08 Å². The standard InChI is InChI=1S/C13H17NO/c1-2-3-4-12-5-7-13(8-6-12)9-10-14-11-15/h5-8H,2-4,9-10H2,1H3. The van der Waals surface area contributed by atoms with Crippen molar-refractivity contribution in [2.75, 3.05) is 6.54 Å². The number of carbonyl (C=O) groups excluding carboxylic acids is 1. The average molecular weight is 203 g/mol. The first-order chi connectivity index (χ1) is 7.36. The molecule has 0 N–H and O–H groups in total. The number of aliphatic imine (C=N–C) groups is 1. The number of aryl methyl sites for hydroxylation is 1. The fourth-order valence-corrected chi connectivity index (χ4v) is 1.48. The van der Waals surface area contributed by atoms with Gasteiger partial charge in [0.2, 0.25) is 6.08 Å². The maximum atomic E-state index is 9.88. The Morgan fingerprint density at radius 3 is 2.27 bits per heavy atom. The first-order valence-electron chi connectivity index (χ1n) is 5.48. The van der Waals surface area contributed by atoms with E-state index in [2.05, 4.69) is 36.2 Å². The third kappa shape index (κ3) is 4.57. The predicted octanol–water partition coefficient (Wildman–Crippen LogP) is 2.91. The minimum atomic E-state index is 0.539. The van der Waals surface area contributed by atoms with Crippen molar-refractivity contribution in [2.24, 2.45) is 4.99 Å². The van der Waals surface area contributed by atoms with Crippen LogP contribution in [-0.4, -0.2) is 12.6 Å². The highest BCUT2D eigenvalue weighted by Gasteiger charge is 1.94. The zero-order chi connectivity index (χ0) is 10.9. The van der Waals surface area contributed by atoms with Crippen molar-refractivity contribution in [2.45, 2.75) is 32.6 Å². The van der Waals surface area contributed by atoms with Gasteiger partial charge < -0.3 is 0 Å². The van der Waals surface area contributed by atoms with Gasteiger partial charge in [-0.05, 0) is 30.4 Å². The van der Waals surface area contributed by atoms with Crippen LogP contribution in [0.4, 0.5) is 0 Å². The van der Waals surface area contributed by atoms with Crippen LogP contribution < -0.4 is 0 Å². The molecule has 0 amide bonds. The molecule has 0 unspecified atom stereocenters. The lowest BCUT2D eigenvalue weighted by Gasteiger charge is -2.01. The van der Waals surface area contributed by atoms with Crippen molar-refractivity contribution in [1.82, 2.24) is 0 Å². The Labute approximate surface area is 91.0 Å². The monoisotopic (exact) mass is 203 g/mol. The molecule has 80 valence electrons. The van der Waals surface area contributed by atoms with Gasteiger partial charge >= 0.3 is 0 Å². The summed E-state index contributed by atoms with van der Waals surface area (Å²) in [7, 11) is 0. The van der Waals surface area contributed by atoms with E-state index >= 15 is 0 Å². The van der Waals surface area contributed by atoms with Crippen molar-refractivity contribution in [3.63, 3.8) is 0 Å². The normalized spacial score (nSPS) is 9.67. The van der Waals surface area contributed by atoms with E-state index in [0.717, 1.165) is 12.8 Å². The Balaban J connectivity index is 2.44. The van der Waals surface area contributed by atoms with Crippen LogP contribution in [0.25, 0.3) is 0 Å². The van der Waals surface area contributed by atoms with Crippen LogP contribution in [-0.2, 0) is 17.6 Å². The summed E-state index contributed by atoms with van der Waals surface area (Å²) in [5, 5.41) is 0. The summed E-state index contributed by atoms with van der Waals surface area (Å²) in [6.07, 6.45) is 6.01. The number of nitrogens with zero attached hydrogens (tertiary/aromatic N) is 1. The summed E-state index contributed by atoms with van der Waals surface area (Å²) in [6.45, 7) is 2.74. The SMILES string of the molecule is CCCCc1ccc(CCN=C=O)cc1. The first-order valence-corrected chi connectivity index (χ1v) is 5.48. The van der Waals surface area contributed by atoms with Crippen LogP contribution in [0.5, 0.6) is 0 Å². The Hall–Kier alpha value is -1.40. The molecule has 2 nitrogen and oxygen atoms in total. The van der Waals surface area contributed by atoms with Crippen molar-refractivity contribution < 1.29 is 4.79 Å². The van der Waals surface area contributed by atoms with Gasteiger partial charge in [0.25, 0.3) is 0 Å². The number of unbranched alkanes of at least 4 members (excludes halogenated alkanes) is 1. The highest BCUT2D eigenvalue weighted by atomic mass is 16.1. The Kier molecular flexibility index (Phi) is 5.42. The van der Waals surface area contributed by atoms with E-state index in [0.29, 0.717) is 6.54 Å². The van der Waals surface area contributed by atoms with Crippen LogP contribution >= 0.6 is 0 Å². The van der Waals surface area contributed by atoms with Crippen LogP contribution in [0, 0.1) is 0 Å². The van der Waals surface area contributed by atoms with Gasteiger partial charge in [-0.3, -0.25) is 0 Å². The van der Waals surface area contributed by atoms with Gasteiger partial charge in [0.15, 0.2) is 0 Å². The van der Waals surface area contributed by atoms with Crippen LogP contribution in [0.1, 0.15) is 30.9 Å². The first kappa shape index (κ1) is 11.7. The van der Waals surface area contributed by atoms with E-state index in [-0.39, 0.29) is 0 Å². The van der Waals surface area contributed by atoms with Crippen LogP contribution in [0.2, 0.25) is 0 Å². The van der Waals surface area contributed by atoms with E-state index in [4.69, 9.17) is 0 Å². The summed E-state index contributed by atoms with van der Waals surface area (Å²) in [6, 6.07) is 8.56. The van der Waals surface area contributed by atoms with Crippen LogP contribution in [0.15, 0.2) is 29.3 Å². The van der Waals surface area contributed by atoms with Gasteiger partial charge in [-0.15, -0.1) is 0 Å². The van der Waals surface area contributed by atoms with Crippen molar-refractivity contribution in [3.8, 4) is 0 Å². The molecule has 0 aliphatic carbocycles. The molecule has 0 saturated heterocycles. The Bertz CT molecular complexity index is 323. The molecule has 1 aromatic carbocycles. The van der Waals surface area contributed by atoms with Gasteiger partial charge in [-0.2, -0.15) is 0 Å². The number of hydrogen-bond donors (Lipinski definition) is 0. The fraction of sp³-hybridized carbons (Fsp3) is 0.462. The average Bonchev–Trinajstić information content (AvgIpc) is 2.28. The second-order valence-electron chi connectivity index (χ2n) is 3.64. The molecule has 0 spiro atoms. The molecule has 0 bridgehead atoms. The molecule has 0 atom stereocenters. The Morgan fingerprint density at radius 1 is 1.13 bits per heavy atom. The van der Waals surface area contributed by atoms with Gasteiger partial charge in [0, 0.05) is 0 Å². The maximum absolute atomic E-state index is 9.88. The third-order valence-electron chi connectivity index (χ3n) is 2.42. The number of hydrogen-bond acceptors (Lipinski definition) is 2. The number of benzene rings is 1. The summed E-state index contributed by atoms with van der Waals surface area (Å²) < 4.78 is 0. The van der Waals surface area contributed by atoms with E-state index in [1.807, 2.05) is 0 Å². The molecular weight excluding hydrogens is 186 g/mol. The zero-order valence-corrected chi connectivity index (χ0v) is 9.20. The maximum Gasteiger partial charge on any atom is 0.234 e.